The molecule has 2 aromatic carbocycles. The quantitative estimate of drug-likeness (QED) is 0.653. The monoisotopic (exact) mass is 329 g/mol. The van der Waals surface area contributed by atoms with Crippen LogP contribution in [-0.2, 0) is 14.3 Å². The highest BCUT2D eigenvalue weighted by Crippen LogP contribution is 2.48. The Morgan fingerprint density at radius 3 is 2.58 bits per heavy atom. The maximum atomic E-state index is 13.7. The summed E-state index contributed by atoms with van der Waals surface area (Å²) in [6, 6.07) is 12.3. The summed E-state index contributed by atoms with van der Waals surface area (Å²) in [5, 5.41) is 11.7. The second kappa shape index (κ2) is 6.70. The van der Waals surface area contributed by atoms with Crippen molar-refractivity contribution in [2.24, 2.45) is 5.92 Å². The highest BCUT2D eigenvalue weighted by atomic mass is 19.1. The first-order valence-electron chi connectivity index (χ1n) is 7.54. The zero-order valence-electron chi connectivity index (χ0n) is 12.7. The zero-order valence-corrected chi connectivity index (χ0v) is 12.7. The van der Waals surface area contributed by atoms with Gasteiger partial charge in [-0.25, -0.2) is 4.39 Å². The summed E-state index contributed by atoms with van der Waals surface area (Å²) < 4.78 is 18.7. The number of phenolic OH excluding ortho intramolecular Hbond substituents is 1. The Hall–Kier alpha value is -2.89. The highest BCUT2D eigenvalue weighted by molar-refractivity contribution is 5.93. The molecule has 2 N–H and O–H groups in total. The number of rotatable bonds is 5. The number of phenols is 1. The van der Waals surface area contributed by atoms with Crippen LogP contribution in [0, 0.1) is 11.7 Å². The third-order valence-corrected chi connectivity index (χ3v) is 3.89. The molecule has 1 saturated carbocycles. The first-order chi connectivity index (χ1) is 11.5. The van der Waals surface area contributed by atoms with Crippen molar-refractivity contribution in [2.75, 3.05) is 11.9 Å². The summed E-state index contributed by atoms with van der Waals surface area (Å²) in [6.07, 6.45) is 0.527. The average molecular weight is 329 g/mol. The number of hydrogen-bond acceptors (Lipinski definition) is 4. The maximum Gasteiger partial charge on any atom is 0.310 e. The molecule has 0 radical (unpaired) electrons. The van der Waals surface area contributed by atoms with Crippen molar-refractivity contribution < 1.29 is 23.8 Å². The van der Waals surface area contributed by atoms with Gasteiger partial charge in [-0.1, -0.05) is 18.2 Å². The van der Waals surface area contributed by atoms with Gasteiger partial charge < -0.3 is 15.2 Å². The lowest BCUT2D eigenvalue weighted by Crippen LogP contribution is -2.21. The van der Waals surface area contributed by atoms with Crippen LogP contribution in [0.2, 0.25) is 0 Å². The Balaban J connectivity index is 1.47. The summed E-state index contributed by atoms with van der Waals surface area (Å²) in [6.45, 7) is -0.403. The Bertz CT molecular complexity index is 760. The number of halogens is 1. The number of carbonyl (C=O) groups excluding carboxylic acids is 2. The van der Waals surface area contributed by atoms with Gasteiger partial charge >= 0.3 is 5.97 Å². The van der Waals surface area contributed by atoms with Crippen molar-refractivity contribution in [3.8, 4) is 5.75 Å². The SMILES string of the molecule is O=C(COC(=O)[C@@H]1C[C@@H]1c1ccccc1F)Nc1ccc(O)cc1. The van der Waals surface area contributed by atoms with Gasteiger partial charge in [-0.3, -0.25) is 9.59 Å². The molecule has 0 heterocycles. The van der Waals surface area contributed by atoms with Crippen molar-refractivity contribution in [3.63, 3.8) is 0 Å². The van der Waals surface area contributed by atoms with Crippen molar-refractivity contribution in [1.29, 1.82) is 0 Å². The Kier molecular flexibility index (Phi) is 4.46. The third kappa shape index (κ3) is 3.71. The minimum absolute atomic E-state index is 0.0901. The number of ether oxygens (including phenoxy) is 1. The highest BCUT2D eigenvalue weighted by Gasteiger charge is 2.46. The molecule has 1 aliphatic rings. The molecule has 0 aromatic heterocycles. The minimum atomic E-state index is -0.496. The summed E-state index contributed by atoms with van der Waals surface area (Å²) in [4.78, 5) is 23.7. The Morgan fingerprint density at radius 2 is 1.88 bits per heavy atom. The molecule has 0 saturated heterocycles. The van der Waals surface area contributed by atoms with E-state index < -0.39 is 24.4 Å². The maximum absolute atomic E-state index is 13.7. The summed E-state index contributed by atoms with van der Waals surface area (Å²) in [5.74, 6) is -1.79. The number of nitrogens with one attached hydrogen (secondary N) is 1. The van der Waals surface area contributed by atoms with Gasteiger partial charge in [-0.05, 0) is 42.3 Å². The van der Waals surface area contributed by atoms with E-state index in [1.54, 1.807) is 18.2 Å². The normalized spacial score (nSPS) is 18.7. The van der Waals surface area contributed by atoms with Crippen LogP contribution in [0.4, 0.5) is 10.1 Å². The standard InChI is InChI=1S/C18H16FNO4/c19-16-4-2-1-3-13(16)14-9-15(14)18(23)24-10-17(22)20-11-5-7-12(21)8-6-11/h1-8,14-15,21H,9-10H2,(H,20,22)/t14-,15-/m1/s1. The lowest BCUT2D eigenvalue weighted by Gasteiger charge is -2.07. The van der Waals surface area contributed by atoms with Gasteiger partial charge in [0.25, 0.3) is 5.91 Å². The van der Waals surface area contributed by atoms with Crippen LogP contribution in [0.1, 0.15) is 17.9 Å². The van der Waals surface area contributed by atoms with E-state index in [0.717, 1.165) is 0 Å². The van der Waals surface area contributed by atoms with Gasteiger partial charge in [0.1, 0.15) is 11.6 Å². The molecular weight excluding hydrogens is 313 g/mol. The molecule has 124 valence electrons. The third-order valence-electron chi connectivity index (χ3n) is 3.89. The summed E-state index contributed by atoms with van der Waals surface area (Å²) in [5.41, 5.74) is 0.998. The predicted octanol–water partition coefficient (Wildman–Crippen LogP) is 2.82. The second-order valence-corrected chi connectivity index (χ2v) is 5.67. The van der Waals surface area contributed by atoms with Gasteiger partial charge in [0.15, 0.2) is 6.61 Å². The van der Waals surface area contributed by atoms with Crippen LogP contribution in [0.25, 0.3) is 0 Å². The molecule has 2 atom stereocenters. The molecule has 0 spiro atoms. The molecule has 0 unspecified atom stereocenters. The van der Waals surface area contributed by atoms with E-state index in [1.807, 2.05) is 0 Å². The summed E-state index contributed by atoms with van der Waals surface area (Å²) in [7, 11) is 0. The Morgan fingerprint density at radius 1 is 1.17 bits per heavy atom. The molecule has 1 aliphatic carbocycles. The largest absolute Gasteiger partial charge is 0.508 e. The van der Waals surface area contributed by atoms with Gasteiger partial charge in [-0.2, -0.15) is 0 Å². The number of carbonyl (C=O) groups is 2. The Labute approximate surface area is 138 Å². The fraction of sp³-hybridized carbons (Fsp3) is 0.222. The number of hydrogen-bond donors (Lipinski definition) is 2. The fourth-order valence-electron chi connectivity index (χ4n) is 2.56. The first kappa shape index (κ1) is 16.0. The predicted molar refractivity (Wildman–Crippen MR) is 84.9 cm³/mol. The van der Waals surface area contributed by atoms with E-state index in [-0.39, 0.29) is 17.5 Å². The zero-order chi connectivity index (χ0) is 17.1. The van der Waals surface area contributed by atoms with Crippen molar-refractivity contribution in [3.05, 3.63) is 59.9 Å². The molecule has 1 amide bonds. The van der Waals surface area contributed by atoms with E-state index in [1.165, 1.54) is 30.3 Å². The van der Waals surface area contributed by atoms with Gasteiger partial charge in [0, 0.05) is 11.6 Å². The first-order valence-corrected chi connectivity index (χ1v) is 7.54. The minimum Gasteiger partial charge on any atom is -0.508 e. The molecule has 6 heteroatoms. The molecular formula is C18H16FNO4. The van der Waals surface area contributed by atoms with Crippen molar-refractivity contribution >= 4 is 17.6 Å². The lowest BCUT2D eigenvalue weighted by molar-refractivity contribution is -0.148. The molecule has 5 nitrogen and oxygen atoms in total. The van der Waals surface area contributed by atoms with Gasteiger partial charge in [0.2, 0.25) is 0 Å². The van der Waals surface area contributed by atoms with E-state index in [4.69, 9.17) is 9.84 Å². The molecule has 2 aromatic rings. The smallest absolute Gasteiger partial charge is 0.310 e. The van der Waals surface area contributed by atoms with Gasteiger partial charge in [0.05, 0.1) is 5.92 Å². The van der Waals surface area contributed by atoms with Crippen LogP contribution in [0.3, 0.4) is 0 Å². The molecule has 24 heavy (non-hydrogen) atoms. The number of aromatic hydroxyl groups is 1. The van der Waals surface area contributed by atoms with Crippen LogP contribution < -0.4 is 5.32 Å². The van der Waals surface area contributed by atoms with Crippen LogP contribution in [0.15, 0.2) is 48.5 Å². The van der Waals surface area contributed by atoms with E-state index in [2.05, 4.69) is 5.32 Å². The van der Waals surface area contributed by atoms with Crippen molar-refractivity contribution in [2.45, 2.75) is 12.3 Å². The second-order valence-electron chi connectivity index (χ2n) is 5.67. The number of amides is 1. The number of anilines is 1. The van der Waals surface area contributed by atoms with Crippen LogP contribution in [0.5, 0.6) is 5.75 Å². The topological polar surface area (TPSA) is 75.6 Å². The summed E-state index contributed by atoms with van der Waals surface area (Å²) >= 11 is 0. The van der Waals surface area contributed by atoms with Gasteiger partial charge in [-0.15, -0.1) is 0 Å². The number of benzene rings is 2. The number of esters is 1. The molecule has 0 bridgehead atoms. The average Bonchev–Trinajstić information content (AvgIpc) is 3.36. The van der Waals surface area contributed by atoms with Crippen LogP contribution in [-0.4, -0.2) is 23.6 Å². The van der Waals surface area contributed by atoms with E-state index in [9.17, 15) is 14.0 Å². The van der Waals surface area contributed by atoms with E-state index >= 15 is 0 Å². The lowest BCUT2D eigenvalue weighted by atomic mass is 10.1. The fourth-order valence-corrected chi connectivity index (χ4v) is 2.56. The molecule has 0 aliphatic heterocycles. The van der Waals surface area contributed by atoms with Crippen LogP contribution >= 0.6 is 0 Å². The molecule has 3 rings (SSSR count). The van der Waals surface area contributed by atoms with E-state index in [0.29, 0.717) is 17.7 Å². The van der Waals surface area contributed by atoms with Crippen molar-refractivity contribution in [1.82, 2.24) is 0 Å². The molecule has 1 fully saturated rings.